The number of rotatable bonds is 1. The average molecular weight is 180 g/mol. The summed E-state index contributed by atoms with van der Waals surface area (Å²) in [6, 6.07) is 0. The van der Waals surface area contributed by atoms with Crippen LogP contribution in [0.4, 0.5) is 13.2 Å². The van der Waals surface area contributed by atoms with Gasteiger partial charge < -0.3 is 5.11 Å². The minimum absolute atomic E-state index is 0.161. The largest absolute Gasteiger partial charge is 0.414 e. The quantitative estimate of drug-likeness (QED) is 0.613. The third-order valence-corrected chi connectivity index (χ3v) is 2.28. The van der Waals surface area contributed by atoms with E-state index >= 15 is 0 Å². The Morgan fingerprint density at radius 1 is 1.50 bits per heavy atom. The van der Waals surface area contributed by atoms with Crippen LogP contribution in [0.5, 0.6) is 0 Å². The highest BCUT2D eigenvalue weighted by molar-refractivity contribution is 5.22. The lowest BCUT2D eigenvalue weighted by Crippen LogP contribution is -2.47. The number of hydrogen-bond acceptors (Lipinski definition) is 1. The summed E-state index contributed by atoms with van der Waals surface area (Å²) in [5, 5.41) is 9.37. The van der Waals surface area contributed by atoms with Gasteiger partial charge in [-0.05, 0) is 18.8 Å². The maximum atomic E-state index is 12.0. The first-order chi connectivity index (χ1) is 5.26. The Hall–Kier alpha value is -0.510. The predicted octanol–water partition coefficient (Wildman–Crippen LogP) is 2.27. The molecular formula is C8H11F3O. The van der Waals surface area contributed by atoms with Gasteiger partial charge >= 0.3 is 6.18 Å². The molecule has 0 unspecified atom stereocenters. The molecule has 1 fully saturated rings. The van der Waals surface area contributed by atoms with Crippen molar-refractivity contribution in [1.82, 2.24) is 0 Å². The minimum atomic E-state index is -4.46. The van der Waals surface area contributed by atoms with Crippen LogP contribution in [0.25, 0.3) is 0 Å². The second kappa shape index (κ2) is 2.49. The zero-order valence-electron chi connectivity index (χ0n) is 6.78. The molecule has 70 valence electrons. The molecule has 0 heterocycles. The second-order valence-corrected chi connectivity index (χ2v) is 3.52. The van der Waals surface area contributed by atoms with Crippen molar-refractivity contribution in [2.75, 3.05) is 0 Å². The van der Waals surface area contributed by atoms with Crippen molar-refractivity contribution < 1.29 is 18.3 Å². The standard InChI is InChI=1S/C8H11F3O/c1-5-3-7(12,4-5)6(2)8(9,10)11/h5,12H,2-4H2,1H3. The number of halogens is 3. The molecule has 0 aromatic rings. The van der Waals surface area contributed by atoms with Gasteiger partial charge in [0, 0.05) is 0 Å². The van der Waals surface area contributed by atoms with E-state index in [9.17, 15) is 18.3 Å². The van der Waals surface area contributed by atoms with E-state index in [0.29, 0.717) is 0 Å². The SMILES string of the molecule is C=C(C(F)(F)F)C1(O)CC(C)C1. The molecule has 1 N–H and O–H groups in total. The van der Waals surface area contributed by atoms with Crippen molar-refractivity contribution in [1.29, 1.82) is 0 Å². The van der Waals surface area contributed by atoms with E-state index in [1.165, 1.54) is 0 Å². The fraction of sp³-hybridized carbons (Fsp3) is 0.750. The van der Waals surface area contributed by atoms with E-state index in [0.717, 1.165) is 0 Å². The number of aliphatic hydroxyl groups is 1. The van der Waals surface area contributed by atoms with Gasteiger partial charge in [0.15, 0.2) is 0 Å². The van der Waals surface area contributed by atoms with Crippen LogP contribution in [0.2, 0.25) is 0 Å². The second-order valence-electron chi connectivity index (χ2n) is 3.52. The van der Waals surface area contributed by atoms with Gasteiger partial charge in [-0.2, -0.15) is 13.2 Å². The molecule has 0 bridgehead atoms. The van der Waals surface area contributed by atoms with Crippen molar-refractivity contribution in [3.05, 3.63) is 12.2 Å². The normalized spacial score (nSPS) is 35.9. The zero-order chi connectivity index (χ0) is 9.57. The highest BCUT2D eigenvalue weighted by atomic mass is 19.4. The summed E-state index contributed by atoms with van der Waals surface area (Å²) in [4.78, 5) is 0. The molecule has 4 heteroatoms. The summed E-state index contributed by atoms with van der Waals surface area (Å²) >= 11 is 0. The number of alkyl halides is 3. The van der Waals surface area contributed by atoms with Crippen molar-refractivity contribution in [3.63, 3.8) is 0 Å². The van der Waals surface area contributed by atoms with Crippen molar-refractivity contribution >= 4 is 0 Å². The van der Waals surface area contributed by atoms with E-state index < -0.39 is 17.4 Å². The predicted molar refractivity (Wildman–Crippen MR) is 38.5 cm³/mol. The van der Waals surface area contributed by atoms with Gasteiger partial charge in [0.25, 0.3) is 0 Å². The van der Waals surface area contributed by atoms with Crippen molar-refractivity contribution in [2.45, 2.75) is 31.5 Å². The summed E-state index contributed by atoms with van der Waals surface area (Å²) in [6.45, 7) is 4.68. The summed E-state index contributed by atoms with van der Waals surface area (Å²) < 4.78 is 36.1. The Bertz CT molecular complexity index is 201. The molecule has 1 aliphatic carbocycles. The maximum absolute atomic E-state index is 12.0. The molecule has 0 saturated heterocycles. The molecule has 0 amide bonds. The molecule has 1 aliphatic rings. The summed E-state index contributed by atoms with van der Waals surface area (Å²) in [5.74, 6) is 0.161. The van der Waals surface area contributed by atoms with Crippen LogP contribution in [0, 0.1) is 5.92 Å². The van der Waals surface area contributed by atoms with Gasteiger partial charge in [0.2, 0.25) is 0 Å². The molecule has 1 saturated carbocycles. The summed E-state index contributed by atoms with van der Waals surface area (Å²) in [6.07, 6.45) is -4.12. The van der Waals surface area contributed by atoms with E-state index in [2.05, 4.69) is 6.58 Å². The highest BCUT2D eigenvalue weighted by Gasteiger charge is 2.51. The molecular weight excluding hydrogens is 169 g/mol. The highest BCUT2D eigenvalue weighted by Crippen LogP contribution is 2.47. The van der Waals surface area contributed by atoms with Crippen molar-refractivity contribution in [3.8, 4) is 0 Å². The van der Waals surface area contributed by atoms with E-state index in [1.54, 1.807) is 6.92 Å². The maximum Gasteiger partial charge on any atom is 0.414 e. The van der Waals surface area contributed by atoms with Gasteiger partial charge in [0.1, 0.15) is 0 Å². The van der Waals surface area contributed by atoms with Gasteiger partial charge in [-0.25, -0.2) is 0 Å². The molecule has 12 heavy (non-hydrogen) atoms. The van der Waals surface area contributed by atoms with E-state index in [1.807, 2.05) is 0 Å². The first-order valence-electron chi connectivity index (χ1n) is 3.75. The lowest BCUT2D eigenvalue weighted by atomic mass is 9.68. The van der Waals surface area contributed by atoms with E-state index in [-0.39, 0.29) is 18.8 Å². The first-order valence-corrected chi connectivity index (χ1v) is 3.75. The van der Waals surface area contributed by atoms with Gasteiger partial charge in [-0.15, -0.1) is 0 Å². The Kier molecular flexibility index (Phi) is 1.98. The van der Waals surface area contributed by atoms with Crippen LogP contribution in [-0.4, -0.2) is 16.9 Å². The fourth-order valence-electron chi connectivity index (χ4n) is 1.60. The van der Waals surface area contributed by atoms with Crippen LogP contribution in [0.3, 0.4) is 0 Å². The topological polar surface area (TPSA) is 20.2 Å². The van der Waals surface area contributed by atoms with Crippen LogP contribution < -0.4 is 0 Å². The van der Waals surface area contributed by atoms with Gasteiger partial charge in [-0.3, -0.25) is 0 Å². The smallest absolute Gasteiger partial charge is 0.385 e. The minimum Gasteiger partial charge on any atom is -0.385 e. The number of hydrogen-bond donors (Lipinski definition) is 1. The van der Waals surface area contributed by atoms with Gasteiger partial charge in [0.05, 0.1) is 11.2 Å². The van der Waals surface area contributed by atoms with Crippen molar-refractivity contribution in [2.24, 2.45) is 5.92 Å². The van der Waals surface area contributed by atoms with Crippen LogP contribution >= 0.6 is 0 Å². The lowest BCUT2D eigenvalue weighted by Gasteiger charge is -2.43. The Morgan fingerprint density at radius 2 is 1.92 bits per heavy atom. The molecule has 0 spiro atoms. The Balaban J connectivity index is 2.66. The molecule has 1 nitrogen and oxygen atoms in total. The molecule has 0 aromatic heterocycles. The molecule has 0 atom stereocenters. The molecule has 0 aliphatic heterocycles. The van der Waals surface area contributed by atoms with Crippen LogP contribution in [0.1, 0.15) is 19.8 Å². The monoisotopic (exact) mass is 180 g/mol. The molecule has 0 radical (unpaired) electrons. The van der Waals surface area contributed by atoms with Crippen LogP contribution in [-0.2, 0) is 0 Å². The average Bonchev–Trinajstić information content (AvgIpc) is 1.81. The third kappa shape index (κ3) is 1.48. The van der Waals surface area contributed by atoms with Gasteiger partial charge in [-0.1, -0.05) is 13.5 Å². The molecule has 1 rings (SSSR count). The summed E-state index contributed by atoms with van der Waals surface area (Å²) in [5.41, 5.74) is -2.69. The Labute approximate surface area is 68.9 Å². The Morgan fingerprint density at radius 3 is 2.17 bits per heavy atom. The van der Waals surface area contributed by atoms with Crippen LogP contribution in [0.15, 0.2) is 12.2 Å². The lowest BCUT2D eigenvalue weighted by molar-refractivity contribution is -0.143. The summed E-state index contributed by atoms with van der Waals surface area (Å²) in [7, 11) is 0. The third-order valence-electron chi connectivity index (χ3n) is 2.28. The molecule has 0 aromatic carbocycles. The zero-order valence-corrected chi connectivity index (χ0v) is 6.78. The first kappa shape index (κ1) is 9.58. The fourth-order valence-corrected chi connectivity index (χ4v) is 1.60. The van der Waals surface area contributed by atoms with E-state index in [4.69, 9.17) is 0 Å².